The smallest absolute Gasteiger partial charge is 0.255 e. The van der Waals surface area contributed by atoms with Crippen molar-refractivity contribution in [2.24, 2.45) is 0 Å². The number of nitrogens with zero attached hydrogens (tertiary/aromatic N) is 3. The van der Waals surface area contributed by atoms with Crippen LogP contribution in [0.4, 0.5) is 5.95 Å². The third-order valence-corrected chi connectivity index (χ3v) is 4.42. The van der Waals surface area contributed by atoms with E-state index in [4.69, 9.17) is 14.5 Å². The highest BCUT2D eigenvalue weighted by Gasteiger charge is 2.20. The van der Waals surface area contributed by atoms with E-state index in [0.717, 1.165) is 30.6 Å². The van der Waals surface area contributed by atoms with Crippen LogP contribution in [0, 0.1) is 6.92 Å². The standard InChI is InChI=1S/C20H26N4O3/c1-15-5-3-6-16(13-15)18-17(19(25)21-7-4-10-26-2)14-22-20(23-18)24-8-11-27-12-9-24/h3,5-6,13-14H,4,7-12H2,1-2H3,(H,21,25). The summed E-state index contributed by atoms with van der Waals surface area (Å²) in [5, 5.41) is 2.92. The second kappa shape index (κ2) is 9.43. The van der Waals surface area contributed by atoms with Gasteiger partial charge in [0, 0.05) is 45.1 Å². The van der Waals surface area contributed by atoms with E-state index in [1.165, 1.54) is 0 Å². The highest BCUT2D eigenvalue weighted by Crippen LogP contribution is 2.25. The quantitative estimate of drug-likeness (QED) is 0.752. The first kappa shape index (κ1) is 19.3. The van der Waals surface area contributed by atoms with Gasteiger partial charge in [0.15, 0.2) is 0 Å². The number of carbonyl (C=O) groups excluding carboxylic acids is 1. The second-order valence-electron chi connectivity index (χ2n) is 6.50. The molecule has 2 aromatic rings. The van der Waals surface area contributed by atoms with Crippen LogP contribution in [0.25, 0.3) is 11.3 Å². The zero-order valence-electron chi connectivity index (χ0n) is 15.9. The maximum Gasteiger partial charge on any atom is 0.255 e. The lowest BCUT2D eigenvalue weighted by Gasteiger charge is -2.27. The molecule has 2 heterocycles. The van der Waals surface area contributed by atoms with Crippen LogP contribution in [-0.2, 0) is 9.47 Å². The Morgan fingerprint density at radius 3 is 2.89 bits per heavy atom. The molecule has 1 fully saturated rings. The zero-order valence-corrected chi connectivity index (χ0v) is 15.9. The number of ether oxygens (including phenoxy) is 2. The number of hydrogen-bond donors (Lipinski definition) is 1. The van der Waals surface area contributed by atoms with Crippen LogP contribution in [0.3, 0.4) is 0 Å². The van der Waals surface area contributed by atoms with Crippen molar-refractivity contribution in [3.05, 3.63) is 41.6 Å². The first-order valence-electron chi connectivity index (χ1n) is 9.23. The van der Waals surface area contributed by atoms with Crippen LogP contribution >= 0.6 is 0 Å². The van der Waals surface area contributed by atoms with Gasteiger partial charge < -0.3 is 19.7 Å². The van der Waals surface area contributed by atoms with Gasteiger partial charge in [0.05, 0.1) is 24.5 Å². The van der Waals surface area contributed by atoms with Gasteiger partial charge in [-0.3, -0.25) is 4.79 Å². The molecule has 7 heteroatoms. The number of hydrogen-bond acceptors (Lipinski definition) is 6. The van der Waals surface area contributed by atoms with Crippen LogP contribution in [0.5, 0.6) is 0 Å². The van der Waals surface area contributed by atoms with Crippen molar-refractivity contribution in [1.29, 1.82) is 0 Å². The number of anilines is 1. The van der Waals surface area contributed by atoms with Gasteiger partial charge in [-0.1, -0.05) is 23.8 Å². The first-order valence-corrected chi connectivity index (χ1v) is 9.23. The summed E-state index contributed by atoms with van der Waals surface area (Å²) >= 11 is 0. The van der Waals surface area contributed by atoms with Gasteiger partial charge >= 0.3 is 0 Å². The van der Waals surface area contributed by atoms with E-state index in [1.54, 1.807) is 13.3 Å². The third kappa shape index (κ3) is 5.02. The topological polar surface area (TPSA) is 76.6 Å². The molecule has 144 valence electrons. The maximum atomic E-state index is 12.7. The molecule has 0 bridgehead atoms. The Morgan fingerprint density at radius 1 is 1.33 bits per heavy atom. The summed E-state index contributed by atoms with van der Waals surface area (Å²) < 4.78 is 10.4. The van der Waals surface area contributed by atoms with Crippen molar-refractivity contribution in [3.8, 4) is 11.3 Å². The number of carbonyl (C=O) groups is 1. The lowest BCUT2D eigenvalue weighted by atomic mass is 10.0. The predicted octanol–water partition coefficient (Wildman–Crippen LogP) is 2.05. The Kier molecular flexibility index (Phi) is 6.73. The Labute approximate surface area is 159 Å². The molecule has 0 spiro atoms. The van der Waals surface area contributed by atoms with Crippen molar-refractivity contribution in [2.75, 3.05) is 51.5 Å². The van der Waals surface area contributed by atoms with Crippen molar-refractivity contribution < 1.29 is 14.3 Å². The molecule has 1 amide bonds. The molecule has 1 aliphatic heterocycles. The molecule has 0 atom stereocenters. The molecule has 3 rings (SSSR count). The summed E-state index contributed by atoms with van der Waals surface area (Å²) in [6.45, 7) is 5.99. The number of methoxy groups -OCH3 is 1. The number of amides is 1. The summed E-state index contributed by atoms with van der Waals surface area (Å²) in [6, 6.07) is 8.01. The predicted molar refractivity (Wildman–Crippen MR) is 104 cm³/mol. The summed E-state index contributed by atoms with van der Waals surface area (Å²) in [5.41, 5.74) is 3.16. The SMILES string of the molecule is COCCCNC(=O)c1cnc(N2CCOCC2)nc1-c1cccc(C)c1. The molecule has 1 aliphatic rings. The number of aromatic nitrogens is 2. The number of morpholine rings is 1. The average molecular weight is 370 g/mol. The van der Waals surface area contributed by atoms with Crippen molar-refractivity contribution in [2.45, 2.75) is 13.3 Å². The summed E-state index contributed by atoms with van der Waals surface area (Å²) in [5.74, 6) is 0.460. The van der Waals surface area contributed by atoms with Crippen LogP contribution in [0.2, 0.25) is 0 Å². The highest BCUT2D eigenvalue weighted by molar-refractivity contribution is 5.99. The molecule has 1 aromatic carbocycles. The summed E-state index contributed by atoms with van der Waals surface area (Å²) in [7, 11) is 1.65. The van der Waals surface area contributed by atoms with Gasteiger partial charge in [0.25, 0.3) is 5.91 Å². The lowest BCUT2D eigenvalue weighted by molar-refractivity contribution is 0.0948. The highest BCUT2D eigenvalue weighted by atomic mass is 16.5. The first-order chi connectivity index (χ1) is 13.2. The molecule has 0 unspecified atom stereocenters. The van der Waals surface area contributed by atoms with Crippen molar-refractivity contribution in [1.82, 2.24) is 15.3 Å². The summed E-state index contributed by atoms with van der Waals surface area (Å²) in [4.78, 5) is 24.0. The number of benzene rings is 1. The Balaban J connectivity index is 1.90. The molecule has 7 nitrogen and oxygen atoms in total. The molecular weight excluding hydrogens is 344 g/mol. The third-order valence-electron chi connectivity index (χ3n) is 4.42. The van der Waals surface area contributed by atoms with E-state index in [9.17, 15) is 4.79 Å². The molecule has 1 saturated heterocycles. The average Bonchev–Trinajstić information content (AvgIpc) is 2.71. The fraction of sp³-hybridized carbons (Fsp3) is 0.450. The molecule has 0 saturated carbocycles. The lowest BCUT2D eigenvalue weighted by Crippen LogP contribution is -2.37. The molecular formula is C20H26N4O3. The summed E-state index contributed by atoms with van der Waals surface area (Å²) in [6.07, 6.45) is 2.38. The van der Waals surface area contributed by atoms with E-state index >= 15 is 0 Å². The van der Waals surface area contributed by atoms with Gasteiger partial charge in [-0.05, 0) is 19.4 Å². The normalized spacial score (nSPS) is 14.2. The Morgan fingerprint density at radius 2 is 2.15 bits per heavy atom. The fourth-order valence-electron chi connectivity index (χ4n) is 2.98. The Bertz CT molecular complexity index is 776. The molecule has 27 heavy (non-hydrogen) atoms. The van der Waals surface area contributed by atoms with E-state index in [2.05, 4.69) is 15.2 Å². The van der Waals surface area contributed by atoms with Crippen LogP contribution in [0.1, 0.15) is 22.3 Å². The minimum absolute atomic E-state index is 0.170. The van der Waals surface area contributed by atoms with Gasteiger partial charge in [0.1, 0.15) is 0 Å². The molecule has 0 radical (unpaired) electrons. The van der Waals surface area contributed by atoms with Gasteiger partial charge in [-0.2, -0.15) is 0 Å². The van der Waals surface area contributed by atoms with Crippen LogP contribution < -0.4 is 10.2 Å². The van der Waals surface area contributed by atoms with E-state index in [1.807, 2.05) is 31.2 Å². The zero-order chi connectivity index (χ0) is 19.1. The van der Waals surface area contributed by atoms with E-state index < -0.39 is 0 Å². The van der Waals surface area contributed by atoms with Gasteiger partial charge in [-0.15, -0.1) is 0 Å². The fourth-order valence-corrected chi connectivity index (χ4v) is 2.98. The van der Waals surface area contributed by atoms with Crippen LogP contribution in [0.15, 0.2) is 30.5 Å². The maximum absolute atomic E-state index is 12.7. The largest absolute Gasteiger partial charge is 0.385 e. The Hall–Kier alpha value is -2.51. The minimum atomic E-state index is -0.170. The van der Waals surface area contributed by atoms with Gasteiger partial charge in [-0.25, -0.2) is 9.97 Å². The number of nitrogens with one attached hydrogen (secondary N) is 1. The monoisotopic (exact) mass is 370 g/mol. The molecule has 1 N–H and O–H groups in total. The van der Waals surface area contributed by atoms with Crippen LogP contribution in [-0.4, -0.2) is 62.4 Å². The van der Waals surface area contributed by atoms with Crippen molar-refractivity contribution in [3.63, 3.8) is 0 Å². The minimum Gasteiger partial charge on any atom is -0.385 e. The second-order valence-corrected chi connectivity index (χ2v) is 6.50. The van der Waals surface area contributed by atoms with E-state index in [-0.39, 0.29) is 5.91 Å². The van der Waals surface area contributed by atoms with Crippen molar-refractivity contribution >= 4 is 11.9 Å². The number of rotatable bonds is 7. The molecule has 0 aliphatic carbocycles. The molecule has 1 aromatic heterocycles. The van der Waals surface area contributed by atoms with E-state index in [0.29, 0.717) is 43.6 Å². The van der Waals surface area contributed by atoms with Gasteiger partial charge in [0.2, 0.25) is 5.95 Å². The number of aryl methyl sites for hydroxylation is 1.